The van der Waals surface area contributed by atoms with E-state index in [1.54, 1.807) is 38.3 Å². The lowest BCUT2D eigenvalue weighted by Crippen LogP contribution is -2.45. The van der Waals surface area contributed by atoms with E-state index in [2.05, 4.69) is 5.32 Å². The number of methoxy groups -OCH3 is 1. The molecule has 0 bridgehead atoms. The highest BCUT2D eigenvalue weighted by Crippen LogP contribution is 2.17. The van der Waals surface area contributed by atoms with Gasteiger partial charge in [-0.25, -0.2) is 4.79 Å². The van der Waals surface area contributed by atoms with E-state index in [4.69, 9.17) is 9.47 Å². The number of ether oxygens (including phenoxy) is 2. The van der Waals surface area contributed by atoms with Crippen molar-refractivity contribution in [3.63, 3.8) is 0 Å². The average molecular weight is 281 g/mol. The summed E-state index contributed by atoms with van der Waals surface area (Å²) in [5.74, 6) is -0.523. The Morgan fingerprint density at radius 2 is 1.90 bits per heavy atom. The number of anilines is 1. The van der Waals surface area contributed by atoms with Gasteiger partial charge in [0, 0.05) is 5.69 Å². The minimum Gasteiger partial charge on any atom is -0.497 e. The van der Waals surface area contributed by atoms with Crippen molar-refractivity contribution in [2.75, 3.05) is 19.0 Å². The highest BCUT2D eigenvalue weighted by atomic mass is 16.5. The molecule has 1 aromatic rings. The van der Waals surface area contributed by atoms with Crippen LogP contribution >= 0.6 is 0 Å². The third-order valence-corrected chi connectivity index (χ3v) is 2.68. The minimum absolute atomic E-state index is 0.171. The number of hydrogen-bond donors (Lipinski definition) is 2. The molecular formula is C14H19NO5. The Hall–Kier alpha value is -2.08. The Balaban J connectivity index is 2.87. The van der Waals surface area contributed by atoms with Gasteiger partial charge in [-0.15, -0.1) is 0 Å². The maximum atomic E-state index is 11.8. The first kappa shape index (κ1) is 16.0. The molecule has 0 spiro atoms. The molecular weight excluding hydrogens is 262 g/mol. The van der Waals surface area contributed by atoms with Crippen LogP contribution in [0.2, 0.25) is 0 Å². The summed E-state index contributed by atoms with van der Waals surface area (Å²) in [7, 11) is 1.54. The minimum atomic E-state index is -1.46. The summed E-state index contributed by atoms with van der Waals surface area (Å²) in [6.45, 7) is 3.04. The Morgan fingerprint density at radius 3 is 2.35 bits per heavy atom. The number of carbonyl (C=O) groups is 2. The molecule has 2 N–H and O–H groups in total. The predicted octanol–water partition coefficient (Wildman–Crippen LogP) is 0.989. The Labute approximate surface area is 117 Å². The standard InChI is InChI=1S/C14H19NO5/c1-4-20-14(18)12(13(17)9(2)16)15-10-5-7-11(19-3)8-6-10/h5-8,12-13,15,17H,4H2,1-3H3/t12-,13-/m0/s1. The van der Waals surface area contributed by atoms with E-state index in [1.165, 1.54) is 6.92 Å². The third-order valence-electron chi connectivity index (χ3n) is 2.68. The predicted molar refractivity (Wildman–Crippen MR) is 73.7 cm³/mol. The number of nitrogens with one attached hydrogen (secondary N) is 1. The molecule has 0 aromatic heterocycles. The summed E-state index contributed by atoms with van der Waals surface area (Å²) < 4.78 is 9.88. The van der Waals surface area contributed by atoms with Gasteiger partial charge < -0.3 is 19.9 Å². The number of aliphatic hydroxyl groups excluding tert-OH is 1. The fourth-order valence-corrected chi connectivity index (χ4v) is 1.60. The van der Waals surface area contributed by atoms with Crippen LogP contribution in [0.15, 0.2) is 24.3 Å². The third kappa shape index (κ3) is 4.24. The van der Waals surface area contributed by atoms with Crippen molar-refractivity contribution >= 4 is 17.4 Å². The van der Waals surface area contributed by atoms with Crippen molar-refractivity contribution in [3.8, 4) is 5.75 Å². The number of esters is 1. The van der Waals surface area contributed by atoms with Gasteiger partial charge in [-0.1, -0.05) is 0 Å². The molecule has 0 unspecified atom stereocenters. The SMILES string of the molecule is CCOC(=O)[C@@H](Nc1ccc(OC)cc1)[C@@H](O)C(C)=O. The van der Waals surface area contributed by atoms with Crippen LogP contribution in [0.5, 0.6) is 5.75 Å². The molecule has 0 fully saturated rings. The number of hydrogen-bond acceptors (Lipinski definition) is 6. The van der Waals surface area contributed by atoms with Crippen LogP contribution in [-0.2, 0) is 14.3 Å². The van der Waals surface area contributed by atoms with Gasteiger partial charge in [-0.3, -0.25) is 4.79 Å². The smallest absolute Gasteiger partial charge is 0.331 e. The zero-order valence-corrected chi connectivity index (χ0v) is 11.8. The average Bonchev–Trinajstić information content (AvgIpc) is 2.44. The van der Waals surface area contributed by atoms with Gasteiger partial charge in [0.05, 0.1) is 13.7 Å². The van der Waals surface area contributed by atoms with E-state index in [9.17, 15) is 14.7 Å². The summed E-state index contributed by atoms with van der Waals surface area (Å²) in [5.41, 5.74) is 0.573. The maximum Gasteiger partial charge on any atom is 0.331 e. The number of benzene rings is 1. The number of rotatable bonds is 7. The summed E-state index contributed by atoms with van der Waals surface area (Å²) in [4.78, 5) is 23.1. The molecule has 1 aromatic carbocycles. The van der Waals surface area contributed by atoms with Crippen molar-refractivity contribution in [2.45, 2.75) is 26.0 Å². The van der Waals surface area contributed by atoms with Gasteiger partial charge in [-0.05, 0) is 38.1 Å². The summed E-state index contributed by atoms with van der Waals surface area (Å²) in [6, 6.07) is 5.62. The molecule has 20 heavy (non-hydrogen) atoms. The first-order valence-electron chi connectivity index (χ1n) is 6.25. The molecule has 110 valence electrons. The first-order valence-corrected chi connectivity index (χ1v) is 6.25. The van der Waals surface area contributed by atoms with Crippen molar-refractivity contribution in [1.82, 2.24) is 0 Å². The van der Waals surface area contributed by atoms with E-state index in [-0.39, 0.29) is 6.61 Å². The lowest BCUT2D eigenvalue weighted by molar-refractivity contribution is -0.149. The normalized spacial score (nSPS) is 13.2. The van der Waals surface area contributed by atoms with Crippen LogP contribution in [0.1, 0.15) is 13.8 Å². The van der Waals surface area contributed by atoms with Crippen LogP contribution in [0.3, 0.4) is 0 Å². The van der Waals surface area contributed by atoms with E-state index >= 15 is 0 Å². The number of aliphatic hydroxyl groups is 1. The zero-order chi connectivity index (χ0) is 15.1. The van der Waals surface area contributed by atoms with Crippen molar-refractivity contribution in [1.29, 1.82) is 0 Å². The molecule has 0 saturated carbocycles. The van der Waals surface area contributed by atoms with Gasteiger partial charge in [0.15, 0.2) is 11.8 Å². The van der Waals surface area contributed by atoms with Gasteiger partial charge in [0.2, 0.25) is 0 Å². The molecule has 0 radical (unpaired) electrons. The molecule has 0 heterocycles. The van der Waals surface area contributed by atoms with Crippen molar-refractivity contribution in [2.24, 2.45) is 0 Å². The zero-order valence-electron chi connectivity index (χ0n) is 11.8. The van der Waals surface area contributed by atoms with Crippen molar-refractivity contribution < 1.29 is 24.2 Å². The van der Waals surface area contributed by atoms with Crippen LogP contribution in [0, 0.1) is 0 Å². The fraction of sp³-hybridized carbons (Fsp3) is 0.429. The quantitative estimate of drug-likeness (QED) is 0.725. The Kier molecular flexibility index (Phi) is 5.99. The second-order valence-electron chi connectivity index (χ2n) is 4.16. The number of carbonyl (C=O) groups excluding carboxylic acids is 2. The van der Waals surface area contributed by atoms with E-state index in [1.807, 2.05) is 0 Å². The molecule has 6 nitrogen and oxygen atoms in total. The first-order chi connectivity index (χ1) is 9.49. The second kappa shape index (κ2) is 7.49. The second-order valence-corrected chi connectivity index (χ2v) is 4.16. The van der Waals surface area contributed by atoms with Gasteiger partial charge in [0.1, 0.15) is 11.9 Å². The highest BCUT2D eigenvalue weighted by molar-refractivity contribution is 5.91. The van der Waals surface area contributed by atoms with Gasteiger partial charge >= 0.3 is 5.97 Å². The topological polar surface area (TPSA) is 84.9 Å². The number of ketones is 1. The molecule has 0 aliphatic heterocycles. The van der Waals surface area contributed by atoms with Crippen LogP contribution < -0.4 is 10.1 Å². The summed E-state index contributed by atoms with van der Waals surface area (Å²) in [5, 5.41) is 12.6. The largest absolute Gasteiger partial charge is 0.497 e. The van der Waals surface area contributed by atoms with Crippen LogP contribution in [-0.4, -0.2) is 42.7 Å². The lowest BCUT2D eigenvalue weighted by atomic mass is 10.1. The van der Waals surface area contributed by atoms with Gasteiger partial charge in [-0.2, -0.15) is 0 Å². The molecule has 0 saturated heterocycles. The lowest BCUT2D eigenvalue weighted by Gasteiger charge is -2.21. The molecule has 1 rings (SSSR count). The van der Waals surface area contributed by atoms with E-state index < -0.39 is 23.9 Å². The maximum absolute atomic E-state index is 11.8. The summed E-state index contributed by atoms with van der Waals surface area (Å²) in [6.07, 6.45) is -1.46. The molecule has 0 aliphatic carbocycles. The highest BCUT2D eigenvalue weighted by Gasteiger charge is 2.31. The molecule has 0 aliphatic rings. The molecule has 0 amide bonds. The summed E-state index contributed by atoms with van der Waals surface area (Å²) >= 11 is 0. The number of Topliss-reactive ketones (excluding diaryl/α,β-unsaturated/α-hetero) is 1. The molecule has 6 heteroatoms. The van der Waals surface area contributed by atoms with Crippen LogP contribution in [0.25, 0.3) is 0 Å². The Morgan fingerprint density at radius 1 is 1.30 bits per heavy atom. The van der Waals surface area contributed by atoms with Crippen molar-refractivity contribution in [3.05, 3.63) is 24.3 Å². The monoisotopic (exact) mass is 281 g/mol. The molecule has 2 atom stereocenters. The van der Waals surface area contributed by atoms with Gasteiger partial charge in [0.25, 0.3) is 0 Å². The Bertz CT molecular complexity index is 457. The van der Waals surface area contributed by atoms with E-state index in [0.29, 0.717) is 11.4 Å². The fourth-order valence-electron chi connectivity index (χ4n) is 1.60. The van der Waals surface area contributed by atoms with E-state index in [0.717, 1.165) is 0 Å². The van der Waals surface area contributed by atoms with Crippen LogP contribution in [0.4, 0.5) is 5.69 Å².